The summed E-state index contributed by atoms with van der Waals surface area (Å²) >= 11 is 0. The molecule has 0 bridgehead atoms. The summed E-state index contributed by atoms with van der Waals surface area (Å²) in [4.78, 5) is 23.8. The number of rotatable bonds is 7. The number of nitro groups is 1. The summed E-state index contributed by atoms with van der Waals surface area (Å²) in [6.45, 7) is 1.90. The first kappa shape index (κ1) is 20.8. The maximum absolute atomic E-state index is 13.1. The smallest absolute Gasteiger partial charge is 0.270 e. The molecular weight excluding hydrogens is 380 g/mol. The number of amides is 1. The van der Waals surface area contributed by atoms with E-state index in [1.54, 1.807) is 25.3 Å². The standard InChI is InChI=1S/C24H22N2O4/c1-17(19-11-13-22(30-2)14-12-19)25-24(27)23(20-8-4-3-5-9-20)16-18-7-6-10-21(15-18)26(28)29/h3-17H,1-2H3,(H,25,27)/b23-16+. The zero-order valence-corrected chi connectivity index (χ0v) is 16.7. The van der Waals surface area contributed by atoms with Crippen LogP contribution in [-0.2, 0) is 4.79 Å². The van der Waals surface area contributed by atoms with Crippen molar-refractivity contribution in [2.75, 3.05) is 7.11 Å². The minimum absolute atomic E-state index is 0.0248. The van der Waals surface area contributed by atoms with Gasteiger partial charge in [-0.3, -0.25) is 14.9 Å². The van der Waals surface area contributed by atoms with Gasteiger partial charge in [0.05, 0.1) is 18.1 Å². The fourth-order valence-corrected chi connectivity index (χ4v) is 3.04. The maximum atomic E-state index is 13.1. The van der Waals surface area contributed by atoms with Gasteiger partial charge >= 0.3 is 0 Å². The number of non-ortho nitro benzene ring substituents is 1. The second-order valence-corrected chi connectivity index (χ2v) is 6.74. The second-order valence-electron chi connectivity index (χ2n) is 6.74. The van der Waals surface area contributed by atoms with Gasteiger partial charge in [-0.05, 0) is 41.8 Å². The molecule has 1 unspecified atom stereocenters. The van der Waals surface area contributed by atoms with E-state index in [1.165, 1.54) is 12.1 Å². The van der Waals surface area contributed by atoms with E-state index < -0.39 is 4.92 Å². The van der Waals surface area contributed by atoms with Crippen molar-refractivity contribution in [3.05, 3.63) is 106 Å². The van der Waals surface area contributed by atoms with Gasteiger partial charge in [0, 0.05) is 17.7 Å². The van der Waals surface area contributed by atoms with E-state index in [2.05, 4.69) is 5.32 Å². The van der Waals surface area contributed by atoms with Gasteiger partial charge in [0.2, 0.25) is 0 Å². The van der Waals surface area contributed by atoms with E-state index in [-0.39, 0.29) is 17.6 Å². The topological polar surface area (TPSA) is 81.5 Å². The molecule has 0 spiro atoms. The molecule has 30 heavy (non-hydrogen) atoms. The number of hydrogen-bond acceptors (Lipinski definition) is 4. The Morgan fingerprint density at radius 2 is 1.73 bits per heavy atom. The first-order chi connectivity index (χ1) is 14.5. The summed E-state index contributed by atoms with van der Waals surface area (Å²) < 4.78 is 5.17. The fourth-order valence-electron chi connectivity index (χ4n) is 3.04. The van der Waals surface area contributed by atoms with Crippen LogP contribution in [0.3, 0.4) is 0 Å². The molecule has 1 amide bonds. The number of nitrogens with one attached hydrogen (secondary N) is 1. The van der Waals surface area contributed by atoms with Crippen molar-refractivity contribution in [1.82, 2.24) is 5.32 Å². The number of ether oxygens (including phenoxy) is 1. The number of carbonyl (C=O) groups excluding carboxylic acids is 1. The van der Waals surface area contributed by atoms with Crippen LogP contribution in [0.25, 0.3) is 11.6 Å². The third-order valence-electron chi connectivity index (χ3n) is 4.68. The molecule has 3 rings (SSSR count). The highest BCUT2D eigenvalue weighted by atomic mass is 16.6. The van der Waals surface area contributed by atoms with E-state index in [4.69, 9.17) is 4.74 Å². The predicted molar refractivity (Wildman–Crippen MR) is 117 cm³/mol. The Kier molecular flexibility index (Phi) is 6.60. The third kappa shape index (κ3) is 5.11. The Labute approximate surface area is 175 Å². The van der Waals surface area contributed by atoms with Crippen molar-refractivity contribution in [3.8, 4) is 5.75 Å². The third-order valence-corrected chi connectivity index (χ3v) is 4.68. The molecule has 0 fully saturated rings. The van der Waals surface area contributed by atoms with E-state index in [1.807, 2.05) is 61.5 Å². The highest BCUT2D eigenvalue weighted by Gasteiger charge is 2.16. The molecule has 0 aliphatic heterocycles. The van der Waals surface area contributed by atoms with Crippen LogP contribution in [0.15, 0.2) is 78.9 Å². The Morgan fingerprint density at radius 1 is 1.03 bits per heavy atom. The van der Waals surface area contributed by atoms with Gasteiger partial charge in [0.15, 0.2) is 0 Å². The van der Waals surface area contributed by atoms with Crippen molar-refractivity contribution in [2.45, 2.75) is 13.0 Å². The van der Waals surface area contributed by atoms with Gasteiger partial charge in [-0.25, -0.2) is 0 Å². The number of nitro benzene ring substituents is 1. The number of carbonyl (C=O) groups is 1. The zero-order chi connectivity index (χ0) is 21.5. The molecule has 0 saturated carbocycles. The molecule has 0 heterocycles. The Balaban J connectivity index is 1.91. The summed E-state index contributed by atoms with van der Waals surface area (Å²) in [7, 11) is 1.60. The molecule has 0 radical (unpaired) electrons. The van der Waals surface area contributed by atoms with Gasteiger partial charge < -0.3 is 10.1 Å². The van der Waals surface area contributed by atoms with Crippen molar-refractivity contribution in [1.29, 1.82) is 0 Å². The second kappa shape index (κ2) is 9.52. The first-order valence-electron chi connectivity index (χ1n) is 9.44. The summed E-state index contributed by atoms with van der Waals surface area (Å²) in [6, 6.07) is 22.7. The highest BCUT2D eigenvalue weighted by molar-refractivity contribution is 6.24. The molecule has 3 aromatic carbocycles. The number of hydrogen-bond donors (Lipinski definition) is 1. The molecule has 0 aliphatic carbocycles. The van der Waals surface area contributed by atoms with Crippen molar-refractivity contribution in [3.63, 3.8) is 0 Å². The zero-order valence-electron chi connectivity index (χ0n) is 16.7. The number of methoxy groups -OCH3 is 1. The summed E-state index contributed by atoms with van der Waals surface area (Å²) in [5.74, 6) is 0.476. The molecular formula is C24H22N2O4. The number of benzene rings is 3. The fraction of sp³-hybridized carbons (Fsp3) is 0.125. The molecule has 6 heteroatoms. The molecule has 3 aromatic rings. The van der Waals surface area contributed by atoms with Gasteiger partial charge in [-0.2, -0.15) is 0 Å². The molecule has 1 atom stereocenters. The van der Waals surface area contributed by atoms with E-state index >= 15 is 0 Å². The van der Waals surface area contributed by atoms with Crippen molar-refractivity contribution >= 4 is 23.2 Å². The van der Waals surface area contributed by atoms with Gasteiger partial charge in [0.1, 0.15) is 5.75 Å². The lowest BCUT2D eigenvalue weighted by Crippen LogP contribution is -2.27. The van der Waals surface area contributed by atoms with Crippen molar-refractivity contribution in [2.24, 2.45) is 0 Å². The molecule has 0 aromatic heterocycles. The van der Waals surface area contributed by atoms with E-state index in [0.717, 1.165) is 16.9 Å². The largest absolute Gasteiger partial charge is 0.497 e. The summed E-state index contributed by atoms with van der Waals surface area (Å²) in [5.41, 5.74) is 2.64. The van der Waals surface area contributed by atoms with E-state index in [9.17, 15) is 14.9 Å². The van der Waals surface area contributed by atoms with Crippen LogP contribution in [0.4, 0.5) is 5.69 Å². The first-order valence-corrected chi connectivity index (χ1v) is 9.44. The lowest BCUT2D eigenvalue weighted by molar-refractivity contribution is -0.384. The summed E-state index contributed by atoms with van der Waals surface area (Å²) in [5, 5.41) is 14.1. The average molecular weight is 402 g/mol. The summed E-state index contributed by atoms with van der Waals surface area (Å²) in [6.07, 6.45) is 1.67. The van der Waals surface area contributed by atoms with Crippen LogP contribution >= 0.6 is 0 Å². The quantitative estimate of drug-likeness (QED) is 0.260. The Bertz CT molecular complexity index is 1060. The van der Waals surface area contributed by atoms with E-state index in [0.29, 0.717) is 11.1 Å². The van der Waals surface area contributed by atoms with Gasteiger partial charge in [-0.1, -0.05) is 54.6 Å². The monoisotopic (exact) mass is 402 g/mol. The molecule has 0 saturated heterocycles. The van der Waals surface area contributed by atoms with Crippen LogP contribution in [0.5, 0.6) is 5.75 Å². The Hall–Kier alpha value is -3.93. The molecule has 0 aliphatic rings. The molecule has 6 nitrogen and oxygen atoms in total. The van der Waals surface area contributed by atoms with Crippen LogP contribution in [0, 0.1) is 10.1 Å². The maximum Gasteiger partial charge on any atom is 0.270 e. The molecule has 152 valence electrons. The number of nitrogens with zero attached hydrogens (tertiary/aromatic N) is 1. The van der Waals surface area contributed by atoms with Crippen molar-refractivity contribution < 1.29 is 14.5 Å². The lowest BCUT2D eigenvalue weighted by Gasteiger charge is -2.17. The van der Waals surface area contributed by atoms with Crippen LogP contribution < -0.4 is 10.1 Å². The molecule has 1 N–H and O–H groups in total. The van der Waals surface area contributed by atoms with Crippen LogP contribution in [0.2, 0.25) is 0 Å². The van der Waals surface area contributed by atoms with Crippen LogP contribution in [0.1, 0.15) is 29.7 Å². The Morgan fingerprint density at radius 3 is 2.37 bits per heavy atom. The van der Waals surface area contributed by atoms with Gasteiger partial charge in [-0.15, -0.1) is 0 Å². The normalized spacial score (nSPS) is 12.1. The minimum Gasteiger partial charge on any atom is -0.497 e. The predicted octanol–water partition coefficient (Wildman–Crippen LogP) is 5.02. The SMILES string of the molecule is COc1ccc(C(C)NC(=O)/C(=C/c2cccc([N+](=O)[O-])c2)c2ccccc2)cc1. The lowest BCUT2D eigenvalue weighted by atomic mass is 10.0. The average Bonchev–Trinajstić information content (AvgIpc) is 2.78. The van der Waals surface area contributed by atoms with Crippen LogP contribution in [-0.4, -0.2) is 17.9 Å². The minimum atomic E-state index is -0.453. The highest BCUT2D eigenvalue weighted by Crippen LogP contribution is 2.23. The van der Waals surface area contributed by atoms with Gasteiger partial charge in [0.25, 0.3) is 11.6 Å².